The average molecular weight is 593 g/mol. The minimum atomic E-state index is -4.29. The van der Waals surface area contributed by atoms with E-state index in [2.05, 4.69) is 9.80 Å². The lowest BCUT2D eigenvalue weighted by Crippen LogP contribution is -2.38. The van der Waals surface area contributed by atoms with Gasteiger partial charge in [0.25, 0.3) is 0 Å². The highest BCUT2D eigenvalue weighted by atomic mass is 32.2. The van der Waals surface area contributed by atoms with Gasteiger partial charge >= 0.3 is 0 Å². The molecular weight excluding hydrogens is 560 g/mol. The number of morpholine rings is 2. The molecule has 2 fully saturated rings. The van der Waals surface area contributed by atoms with E-state index in [4.69, 9.17) is 19.8 Å². The number of nitrogens with zero attached hydrogens (tertiary/aromatic N) is 2. The molecule has 12 nitrogen and oxygen atoms in total. The van der Waals surface area contributed by atoms with E-state index in [0.29, 0.717) is 71.3 Å². The van der Waals surface area contributed by atoms with Gasteiger partial charge in [0.15, 0.2) is 11.6 Å². The van der Waals surface area contributed by atoms with E-state index in [0.717, 1.165) is 12.1 Å². The molecule has 0 bridgehead atoms. The first kappa shape index (κ1) is 29.0. The Morgan fingerprint density at radius 2 is 1.27 bits per heavy atom. The second kappa shape index (κ2) is 11.4. The van der Waals surface area contributed by atoms with Crippen LogP contribution < -0.4 is 10.3 Å². The van der Waals surface area contributed by atoms with Crippen LogP contribution in [-0.2, 0) is 42.4 Å². The van der Waals surface area contributed by atoms with Crippen molar-refractivity contribution in [3.05, 3.63) is 57.6 Å². The van der Waals surface area contributed by atoms with Crippen LogP contribution in [0.1, 0.15) is 43.0 Å². The summed E-state index contributed by atoms with van der Waals surface area (Å²) in [6, 6.07) is 4.94. The highest BCUT2D eigenvalue weighted by Gasteiger charge is 2.37. The number of sulfonamides is 2. The monoisotopic (exact) mass is 592 g/mol. The van der Waals surface area contributed by atoms with Crippen LogP contribution in [0.4, 0.5) is 0 Å². The quantitative estimate of drug-likeness (QED) is 0.346. The lowest BCUT2D eigenvalue weighted by atomic mass is 9.80. The maximum atomic E-state index is 13.9. The van der Waals surface area contributed by atoms with E-state index in [1.54, 1.807) is 0 Å². The van der Waals surface area contributed by atoms with Crippen LogP contribution in [-0.4, -0.2) is 104 Å². The topological polar surface area (TPSA) is 179 Å². The van der Waals surface area contributed by atoms with Gasteiger partial charge in [0.2, 0.25) is 20.0 Å². The maximum absolute atomic E-state index is 13.9. The zero-order valence-corrected chi connectivity index (χ0v) is 23.6. The van der Waals surface area contributed by atoms with E-state index in [1.165, 1.54) is 12.1 Å². The fourth-order valence-electron chi connectivity index (χ4n) is 5.56. The van der Waals surface area contributed by atoms with Crippen LogP contribution in [0.15, 0.2) is 34.1 Å². The third-order valence-corrected chi connectivity index (χ3v) is 9.59. The third-order valence-electron chi connectivity index (χ3n) is 7.60. The lowest BCUT2D eigenvalue weighted by Gasteiger charge is -2.30. The van der Waals surface area contributed by atoms with Crippen molar-refractivity contribution in [3.63, 3.8) is 0 Å². The molecule has 2 heterocycles. The number of hydrogen-bond acceptors (Lipinski definition) is 10. The second-order valence-corrected chi connectivity index (χ2v) is 13.2. The van der Waals surface area contributed by atoms with Crippen molar-refractivity contribution in [1.29, 1.82) is 0 Å². The normalized spacial score (nSPS) is 18.9. The lowest BCUT2D eigenvalue weighted by molar-refractivity contribution is 0.0381. The van der Waals surface area contributed by atoms with Crippen molar-refractivity contribution in [2.45, 2.75) is 22.6 Å². The number of ether oxygens (including phenoxy) is 2. The number of carbonyl (C=O) groups excluding carboxylic acids is 2. The minimum Gasteiger partial charge on any atom is -0.379 e. The molecule has 0 saturated carbocycles. The number of rotatable bonds is 8. The number of ketones is 2. The molecule has 2 saturated heterocycles. The Labute approximate surface area is 233 Å². The van der Waals surface area contributed by atoms with E-state index < -0.39 is 31.6 Å². The molecule has 0 amide bonds. The number of nitrogens with two attached hydrogens (primary N) is 2. The molecule has 5 rings (SSSR count). The molecule has 0 atom stereocenters. The Balaban J connectivity index is 1.65. The number of fused-ring (bicyclic) bond motifs is 2. The third kappa shape index (κ3) is 5.90. The zero-order chi connectivity index (χ0) is 28.7. The number of hydrogen-bond donors (Lipinski definition) is 2. The Morgan fingerprint density at radius 1 is 0.700 bits per heavy atom. The van der Waals surface area contributed by atoms with Crippen molar-refractivity contribution < 1.29 is 35.9 Å². The summed E-state index contributed by atoms with van der Waals surface area (Å²) in [6.07, 6.45) is 0.443. The molecule has 4 N–H and O–H groups in total. The Morgan fingerprint density at radius 3 is 1.82 bits per heavy atom. The summed E-state index contributed by atoms with van der Waals surface area (Å²) in [7, 11) is -8.42. The molecule has 40 heavy (non-hydrogen) atoms. The number of benzene rings is 2. The highest BCUT2D eigenvalue weighted by molar-refractivity contribution is 7.89. The molecule has 2 aromatic carbocycles. The van der Waals surface area contributed by atoms with Gasteiger partial charge in [-0.1, -0.05) is 0 Å². The summed E-state index contributed by atoms with van der Waals surface area (Å²) in [5.74, 6) is -1.14. The van der Waals surface area contributed by atoms with Crippen molar-refractivity contribution in [1.82, 2.24) is 9.80 Å². The Kier molecular flexibility index (Phi) is 8.23. The van der Waals surface area contributed by atoms with Crippen LogP contribution in [0.2, 0.25) is 0 Å². The van der Waals surface area contributed by atoms with Gasteiger partial charge in [-0.05, 0) is 48.2 Å². The van der Waals surface area contributed by atoms with Gasteiger partial charge in [-0.25, -0.2) is 27.1 Å². The van der Waals surface area contributed by atoms with E-state index >= 15 is 0 Å². The largest absolute Gasteiger partial charge is 0.379 e. The summed E-state index contributed by atoms with van der Waals surface area (Å²) < 4.78 is 60.9. The SMILES string of the molecule is NS(=O)(=O)c1ccc2c(c1)C(=O)c1cc(CCN3CCOCC3)c(S(N)(=O)=O)c(CCN3CCOCC3)c1C2=O. The molecule has 14 heteroatoms. The summed E-state index contributed by atoms with van der Waals surface area (Å²) in [6.45, 7) is 5.80. The molecular formula is C26H32N4O8S2. The highest BCUT2D eigenvalue weighted by Crippen LogP contribution is 2.36. The second-order valence-electron chi connectivity index (χ2n) is 10.1. The van der Waals surface area contributed by atoms with Gasteiger partial charge < -0.3 is 9.47 Å². The molecule has 0 radical (unpaired) electrons. The van der Waals surface area contributed by atoms with Crippen molar-refractivity contribution >= 4 is 31.6 Å². The van der Waals surface area contributed by atoms with Crippen molar-refractivity contribution in [2.24, 2.45) is 10.3 Å². The fourth-order valence-corrected chi connectivity index (χ4v) is 7.18. The predicted octanol–water partition coefficient (Wildman–Crippen LogP) is -0.494. The van der Waals surface area contributed by atoms with Crippen molar-refractivity contribution in [3.8, 4) is 0 Å². The van der Waals surface area contributed by atoms with Gasteiger partial charge in [0.1, 0.15) is 0 Å². The van der Waals surface area contributed by atoms with Crippen molar-refractivity contribution in [2.75, 3.05) is 65.7 Å². The van der Waals surface area contributed by atoms with Gasteiger partial charge in [-0.3, -0.25) is 19.4 Å². The Hall–Kier alpha value is -2.56. The van der Waals surface area contributed by atoms with Gasteiger partial charge in [0, 0.05) is 61.5 Å². The fraction of sp³-hybridized carbons (Fsp3) is 0.462. The summed E-state index contributed by atoms with van der Waals surface area (Å²) in [5, 5.41) is 11.0. The van der Waals surface area contributed by atoms with Crippen LogP contribution in [0.3, 0.4) is 0 Å². The van der Waals surface area contributed by atoms with Gasteiger partial charge in [0.05, 0.1) is 36.2 Å². The molecule has 0 unspecified atom stereocenters. The molecule has 216 valence electrons. The molecule has 2 aliphatic heterocycles. The first-order chi connectivity index (χ1) is 18.9. The summed E-state index contributed by atoms with van der Waals surface area (Å²) in [4.78, 5) is 31.5. The Bertz CT molecular complexity index is 1560. The van der Waals surface area contributed by atoms with E-state index in [9.17, 15) is 26.4 Å². The number of primary sulfonamides is 2. The predicted molar refractivity (Wildman–Crippen MR) is 144 cm³/mol. The molecule has 0 aromatic heterocycles. The van der Waals surface area contributed by atoms with Gasteiger partial charge in [-0.2, -0.15) is 0 Å². The van der Waals surface area contributed by atoms with Crippen LogP contribution in [0.5, 0.6) is 0 Å². The maximum Gasteiger partial charge on any atom is 0.238 e. The molecule has 0 spiro atoms. The smallest absolute Gasteiger partial charge is 0.238 e. The van der Waals surface area contributed by atoms with Gasteiger partial charge in [-0.15, -0.1) is 0 Å². The van der Waals surface area contributed by atoms with Crippen LogP contribution in [0, 0.1) is 0 Å². The van der Waals surface area contributed by atoms with Crippen LogP contribution in [0.25, 0.3) is 0 Å². The first-order valence-corrected chi connectivity index (χ1v) is 16.1. The van der Waals surface area contributed by atoms with E-state index in [-0.39, 0.29) is 50.4 Å². The molecule has 2 aromatic rings. The minimum absolute atomic E-state index is 0.00624. The molecule has 3 aliphatic rings. The van der Waals surface area contributed by atoms with E-state index in [1.807, 2.05) is 0 Å². The number of carbonyl (C=O) groups is 2. The summed E-state index contributed by atoms with van der Waals surface area (Å²) in [5.41, 5.74) is 0.475. The zero-order valence-electron chi connectivity index (χ0n) is 21.9. The van der Waals surface area contributed by atoms with Crippen LogP contribution >= 0.6 is 0 Å². The summed E-state index contributed by atoms with van der Waals surface area (Å²) >= 11 is 0. The standard InChI is InChI=1S/C26H32N4O8S2/c27-39(33,34)18-1-2-19-21(16-18)24(31)22-15-17(3-5-29-7-11-37-12-8-29)26(40(28,35)36)20(23(22)25(19)32)4-6-30-9-13-38-14-10-30/h1-2,15-16H,3-14H2,(H2,27,33,34)(H2,28,35,36). The molecule has 1 aliphatic carbocycles. The first-order valence-electron chi connectivity index (χ1n) is 13.0. The average Bonchev–Trinajstić information content (AvgIpc) is 2.92.